The molecule has 4 amide bonds. The highest BCUT2D eigenvalue weighted by atomic mass is 16.2. The average Bonchev–Trinajstić information content (AvgIpc) is 3.09. The van der Waals surface area contributed by atoms with Crippen molar-refractivity contribution in [1.29, 1.82) is 0 Å². The van der Waals surface area contributed by atoms with E-state index in [9.17, 15) is 19.2 Å². The number of hydrogen-bond donors (Lipinski definition) is 0. The lowest BCUT2D eigenvalue weighted by Crippen LogP contribution is -2.34. The van der Waals surface area contributed by atoms with Crippen LogP contribution in [0.4, 0.5) is 0 Å². The van der Waals surface area contributed by atoms with Crippen LogP contribution >= 0.6 is 0 Å². The summed E-state index contributed by atoms with van der Waals surface area (Å²) in [4.78, 5) is 52.5. The molecule has 0 bridgehead atoms. The van der Waals surface area contributed by atoms with E-state index in [-0.39, 0.29) is 36.7 Å². The number of benzene rings is 2. The Labute approximate surface area is 162 Å². The van der Waals surface area contributed by atoms with E-state index in [1.165, 1.54) is 9.80 Å². The molecule has 0 unspecified atom stereocenters. The maximum atomic E-state index is 12.5. The minimum Gasteiger partial charge on any atom is -0.270 e. The van der Waals surface area contributed by atoms with Crippen molar-refractivity contribution in [3.05, 3.63) is 81.9 Å². The van der Waals surface area contributed by atoms with Gasteiger partial charge in [-0.3, -0.25) is 29.0 Å². The predicted molar refractivity (Wildman–Crippen MR) is 102 cm³/mol. The number of fused-ring (bicyclic) bond motifs is 2. The maximum absolute atomic E-state index is 12.5. The third-order valence-corrected chi connectivity index (χ3v) is 5.28. The molecule has 0 N–H and O–H groups in total. The van der Waals surface area contributed by atoms with Gasteiger partial charge in [0.2, 0.25) is 0 Å². The predicted octanol–water partition coefficient (Wildman–Crippen LogP) is 2.92. The van der Waals surface area contributed by atoms with E-state index < -0.39 is 0 Å². The maximum Gasteiger partial charge on any atom is 0.261 e. The third kappa shape index (κ3) is 2.65. The fraction of sp³-hybridized carbons (Fsp3) is 0.182. The van der Waals surface area contributed by atoms with E-state index in [4.69, 9.17) is 0 Å². The highest BCUT2D eigenvalue weighted by molar-refractivity contribution is 6.22. The summed E-state index contributed by atoms with van der Waals surface area (Å²) in [6, 6.07) is 13.5. The molecule has 6 nitrogen and oxygen atoms in total. The first-order valence-corrected chi connectivity index (χ1v) is 8.96. The van der Waals surface area contributed by atoms with E-state index >= 15 is 0 Å². The molecule has 0 radical (unpaired) electrons. The van der Waals surface area contributed by atoms with E-state index in [2.05, 4.69) is 0 Å². The molecular formula is C22H18N2O4. The van der Waals surface area contributed by atoms with Crippen LogP contribution in [0.25, 0.3) is 0 Å². The van der Waals surface area contributed by atoms with Crippen LogP contribution in [0.15, 0.2) is 59.7 Å². The van der Waals surface area contributed by atoms with Crippen molar-refractivity contribution in [2.45, 2.75) is 13.8 Å². The van der Waals surface area contributed by atoms with Crippen molar-refractivity contribution in [1.82, 2.24) is 9.80 Å². The van der Waals surface area contributed by atoms with Crippen LogP contribution in [0.5, 0.6) is 0 Å². The lowest BCUT2D eigenvalue weighted by molar-refractivity contribution is 0.0645. The Balaban J connectivity index is 1.53. The summed E-state index contributed by atoms with van der Waals surface area (Å²) >= 11 is 0. The van der Waals surface area contributed by atoms with Crippen LogP contribution in [0.1, 0.15) is 55.3 Å². The van der Waals surface area contributed by atoms with Gasteiger partial charge in [-0.2, -0.15) is 0 Å². The molecule has 2 aliphatic heterocycles. The second-order valence-corrected chi connectivity index (χ2v) is 7.04. The van der Waals surface area contributed by atoms with Gasteiger partial charge in [-0.25, -0.2) is 0 Å². The van der Waals surface area contributed by atoms with Gasteiger partial charge in [-0.1, -0.05) is 35.4 Å². The van der Waals surface area contributed by atoms with Crippen LogP contribution < -0.4 is 0 Å². The van der Waals surface area contributed by atoms with Gasteiger partial charge in [0.1, 0.15) is 0 Å². The summed E-state index contributed by atoms with van der Waals surface area (Å²) in [5.41, 5.74) is 3.14. The first-order valence-electron chi connectivity index (χ1n) is 8.96. The minimum atomic E-state index is -0.325. The van der Waals surface area contributed by atoms with E-state index in [0.29, 0.717) is 22.3 Å². The number of hydrogen-bond acceptors (Lipinski definition) is 4. The SMILES string of the molecule is C/C(CN1C(=O)c2ccccc2C1=O)=C(/C)CN1C(=O)c2ccccc2C1=O. The number of imide groups is 2. The second kappa shape index (κ2) is 6.56. The van der Waals surface area contributed by atoms with Gasteiger partial charge >= 0.3 is 0 Å². The lowest BCUT2D eigenvalue weighted by Gasteiger charge is -2.19. The van der Waals surface area contributed by atoms with Crippen molar-refractivity contribution in [3.63, 3.8) is 0 Å². The van der Waals surface area contributed by atoms with E-state index in [0.717, 1.165) is 11.1 Å². The third-order valence-electron chi connectivity index (χ3n) is 5.28. The highest BCUT2D eigenvalue weighted by Crippen LogP contribution is 2.26. The summed E-state index contributed by atoms with van der Waals surface area (Å²) in [5, 5.41) is 0. The summed E-state index contributed by atoms with van der Waals surface area (Å²) in [5.74, 6) is -1.30. The molecular weight excluding hydrogens is 356 g/mol. The molecule has 2 aromatic carbocycles. The zero-order valence-electron chi connectivity index (χ0n) is 15.6. The molecule has 2 aliphatic rings. The Bertz CT molecular complexity index is 928. The molecule has 28 heavy (non-hydrogen) atoms. The Hall–Kier alpha value is -3.54. The average molecular weight is 374 g/mol. The molecule has 2 aromatic rings. The smallest absolute Gasteiger partial charge is 0.261 e. The molecule has 0 saturated carbocycles. The van der Waals surface area contributed by atoms with Gasteiger partial charge in [-0.15, -0.1) is 0 Å². The van der Waals surface area contributed by atoms with Crippen LogP contribution in [0.2, 0.25) is 0 Å². The van der Waals surface area contributed by atoms with Crippen LogP contribution in [-0.2, 0) is 0 Å². The minimum absolute atomic E-state index is 0.126. The standard InChI is InChI=1S/C22H18N2O4/c1-13(11-23-19(25)15-7-3-4-8-16(15)20(23)26)14(2)12-24-21(27)17-9-5-6-10-18(17)22(24)28/h3-10H,11-12H2,1-2H3/b14-13+. The molecule has 0 atom stereocenters. The van der Waals surface area contributed by atoms with E-state index in [1.807, 2.05) is 0 Å². The molecule has 4 rings (SSSR count). The molecule has 0 fully saturated rings. The number of carbonyl (C=O) groups excluding carboxylic acids is 4. The van der Waals surface area contributed by atoms with Gasteiger partial charge in [0.25, 0.3) is 23.6 Å². The highest BCUT2D eigenvalue weighted by Gasteiger charge is 2.37. The van der Waals surface area contributed by atoms with Gasteiger partial charge in [-0.05, 0) is 38.1 Å². The first-order chi connectivity index (χ1) is 13.4. The zero-order valence-corrected chi connectivity index (χ0v) is 15.6. The van der Waals surface area contributed by atoms with Crippen LogP contribution in [-0.4, -0.2) is 46.5 Å². The van der Waals surface area contributed by atoms with Crippen molar-refractivity contribution in [2.75, 3.05) is 13.1 Å². The Morgan fingerprint density at radius 3 is 1.07 bits per heavy atom. The number of amides is 4. The number of rotatable bonds is 4. The topological polar surface area (TPSA) is 74.8 Å². The zero-order chi connectivity index (χ0) is 20.0. The second-order valence-electron chi connectivity index (χ2n) is 7.04. The van der Waals surface area contributed by atoms with Gasteiger partial charge in [0.15, 0.2) is 0 Å². The summed E-state index contributed by atoms with van der Waals surface area (Å²) in [6.45, 7) is 3.86. The van der Waals surface area contributed by atoms with Gasteiger partial charge in [0.05, 0.1) is 35.3 Å². The molecule has 0 aliphatic carbocycles. The Morgan fingerprint density at radius 1 is 0.571 bits per heavy atom. The first kappa shape index (κ1) is 17.9. The fourth-order valence-corrected chi connectivity index (χ4v) is 3.51. The van der Waals surface area contributed by atoms with Crippen LogP contribution in [0.3, 0.4) is 0 Å². The Kier molecular flexibility index (Phi) is 4.19. The van der Waals surface area contributed by atoms with Crippen molar-refractivity contribution in [3.8, 4) is 0 Å². The monoisotopic (exact) mass is 374 g/mol. The van der Waals surface area contributed by atoms with Crippen LogP contribution in [0, 0.1) is 0 Å². The number of nitrogens with zero attached hydrogens (tertiary/aromatic N) is 2. The molecule has 0 spiro atoms. The summed E-state index contributed by atoms with van der Waals surface area (Å²) in [7, 11) is 0. The van der Waals surface area contributed by atoms with Gasteiger partial charge in [0, 0.05) is 0 Å². The Morgan fingerprint density at radius 2 is 0.821 bits per heavy atom. The largest absolute Gasteiger partial charge is 0.270 e. The fourth-order valence-electron chi connectivity index (χ4n) is 3.51. The molecule has 6 heteroatoms. The molecule has 0 saturated heterocycles. The van der Waals surface area contributed by atoms with E-state index in [1.54, 1.807) is 62.4 Å². The quantitative estimate of drug-likeness (QED) is 0.609. The normalized spacial score (nSPS) is 16.5. The van der Waals surface area contributed by atoms with Crippen molar-refractivity contribution < 1.29 is 19.2 Å². The lowest BCUT2D eigenvalue weighted by atomic mass is 10.1. The number of carbonyl (C=O) groups is 4. The molecule has 2 heterocycles. The van der Waals surface area contributed by atoms with Crippen molar-refractivity contribution in [2.24, 2.45) is 0 Å². The van der Waals surface area contributed by atoms with Crippen molar-refractivity contribution >= 4 is 23.6 Å². The van der Waals surface area contributed by atoms with Gasteiger partial charge < -0.3 is 0 Å². The summed E-state index contributed by atoms with van der Waals surface area (Å²) in [6.07, 6.45) is 0. The molecule has 140 valence electrons. The molecule has 0 aromatic heterocycles. The summed E-state index contributed by atoms with van der Waals surface area (Å²) < 4.78 is 0.